The Morgan fingerprint density at radius 3 is 2.05 bits per heavy atom. The molecule has 20 heavy (non-hydrogen) atoms. The summed E-state index contributed by atoms with van der Waals surface area (Å²) in [5.41, 5.74) is 1.57. The quantitative estimate of drug-likeness (QED) is 0.818. The Morgan fingerprint density at radius 2 is 1.55 bits per heavy atom. The molecule has 0 spiro atoms. The number of benzene rings is 1. The Hall–Kier alpha value is -0.890. The van der Waals surface area contributed by atoms with Crippen LogP contribution in [0.25, 0.3) is 0 Å². The molecule has 0 heterocycles. The molecule has 4 aliphatic carbocycles. The predicted octanol–water partition coefficient (Wildman–Crippen LogP) is 4.09. The molecule has 4 fully saturated rings. The van der Waals surface area contributed by atoms with Crippen molar-refractivity contribution >= 4 is 0 Å². The van der Waals surface area contributed by atoms with Crippen molar-refractivity contribution in [1.82, 2.24) is 0 Å². The van der Waals surface area contributed by atoms with Crippen LogP contribution < -0.4 is 0 Å². The average molecular weight is 274 g/mol. The summed E-state index contributed by atoms with van der Waals surface area (Å²) < 4.78 is 14.6. The monoisotopic (exact) mass is 274 g/mol. The second-order valence-electron chi connectivity index (χ2n) is 7.57. The van der Waals surface area contributed by atoms with Crippen molar-refractivity contribution in [2.45, 2.75) is 51.6 Å². The fraction of sp³-hybridized carbons (Fsp3) is 0.667. The lowest BCUT2D eigenvalue weighted by atomic mass is 9.48. The van der Waals surface area contributed by atoms with E-state index in [4.69, 9.17) is 0 Å². The van der Waals surface area contributed by atoms with E-state index in [1.807, 2.05) is 19.9 Å². The summed E-state index contributed by atoms with van der Waals surface area (Å²) in [6.07, 6.45) is 5.72. The molecule has 0 saturated heterocycles. The van der Waals surface area contributed by atoms with E-state index in [-0.39, 0.29) is 17.7 Å². The third-order valence-corrected chi connectivity index (χ3v) is 6.22. The molecule has 0 aliphatic heterocycles. The molecule has 0 amide bonds. The molecule has 5 rings (SSSR count). The molecular weight excluding hydrogens is 251 g/mol. The highest BCUT2D eigenvalue weighted by Crippen LogP contribution is 2.62. The highest BCUT2D eigenvalue weighted by molar-refractivity contribution is 5.38. The van der Waals surface area contributed by atoms with Gasteiger partial charge in [-0.2, -0.15) is 0 Å². The summed E-state index contributed by atoms with van der Waals surface area (Å²) in [6, 6.07) is 3.60. The topological polar surface area (TPSA) is 20.2 Å². The van der Waals surface area contributed by atoms with E-state index in [0.717, 1.165) is 48.6 Å². The minimum absolute atomic E-state index is 0.197. The van der Waals surface area contributed by atoms with Crippen molar-refractivity contribution < 1.29 is 9.50 Å². The molecule has 0 unspecified atom stereocenters. The molecule has 0 aromatic heterocycles. The summed E-state index contributed by atoms with van der Waals surface area (Å²) in [5, 5.41) is 11.5. The largest absolute Gasteiger partial charge is 0.384 e. The number of hydrogen-bond donors (Lipinski definition) is 1. The normalized spacial score (nSPS) is 42.2. The lowest BCUT2D eigenvalue weighted by Crippen LogP contribution is -2.56. The minimum Gasteiger partial charge on any atom is -0.384 e. The summed E-state index contributed by atoms with van der Waals surface area (Å²) in [7, 11) is 0. The van der Waals surface area contributed by atoms with Gasteiger partial charge in [-0.15, -0.1) is 0 Å². The van der Waals surface area contributed by atoms with Crippen LogP contribution >= 0.6 is 0 Å². The molecule has 4 aliphatic rings. The van der Waals surface area contributed by atoms with Crippen molar-refractivity contribution in [1.29, 1.82) is 0 Å². The highest BCUT2D eigenvalue weighted by Gasteiger charge is 2.58. The van der Waals surface area contributed by atoms with E-state index in [0.29, 0.717) is 5.56 Å². The highest BCUT2D eigenvalue weighted by atomic mass is 19.1. The van der Waals surface area contributed by atoms with E-state index in [9.17, 15) is 9.50 Å². The molecule has 1 N–H and O–H groups in total. The second kappa shape index (κ2) is 4.07. The average Bonchev–Trinajstić information content (AvgIpc) is 2.33. The maximum absolute atomic E-state index is 14.6. The molecule has 0 radical (unpaired) electrons. The number of aryl methyl sites for hydroxylation is 2. The van der Waals surface area contributed by atoms with Crippen LogP contribution in [0.15, 0.2) is 12.1 Å². The van der Waals surface area contributed by atoms with Gasteiger partial charge in [0.2, 0.25) is 0 Å². The molecule has 2 heteroatoms. The van der Waals surface area contributed by atoms with Gasteiger partial charge in [-0.05, 0) is 86.8 Å². The van der Waals surface area contributed by atoms with E-state index < -0.39 is 5.60 Å². The van der Waals surface area contributed by atoms with Gasteiger partial charge in [0.05, 0.1) is 5.60 Å². The fourth-order valence-corrected chi connectivity index (χ4v) is 5.73. The van der Waals surface area contributed by atoms with Gasteiger partial charge in [-0.25, -0.2) is 4.39 Å². The summed E-state index contributed by atoms with van der Waals surface area (Å²) >= 11 is 0. The number of rotatable bonds is 1. The maximum Gasteiger partial charge on any atom is 0.129 e. The van der Waals surface area contributed by atoms with Crippen molar-refractivity contribution in [3.63, 3.8) is 0 Å². The van der Waals surface area contributed by atoms with Crippen molar-refractivity contribution in [3.8, 4) is 0 Å². The van der Waals surface area contributed by atoms with Gasteiger partial charge in [0.15, 0.2) is 0 Å². The van der Waals surface area contributed by atoms with Crippen LogP contribution in [-0.4, -0.2) is 5.11 Å². The maximum atomic E-state index is 14.6. The number of hydrogen-bond acceptors (Lipinski definition) is 1. The Balaban J connectivity index is 1.85. The summed E-state index contributed by atoms with van der Waals surface area (Å²) in [5.74, 6) is 1.92. The predicted molar refractivity (Wildman–Crippen MR) is 76.8 cm³/mol. The summed E-state index contributed by atoms with van der Waals surface area (Å²) in [4.78, 5) is 0. The molecule has 4 saturated carbocycles. The zero-order valence-corrected chi connectivity index (χ0v) is 12.3. The minimum atomic E-state index is -0.907. The van der Waals surface area contributed by atoms with E-state index in [1.165, 1.54) is 6.42 Å². The lowest BCUT2D eigenvalue weighted by Gasteiger charge is -2.59. The van der Waals surface area contributed by atoms with Crippen LogP contribution in [0, 0.1) is 43.3 Å². The number of halogens is 1. The van der Waals surface area contributed by atoms with Gasteiger partial charge in [0.1, 0.15) is 5.82 Å². The van der Waals surface area contributed by atoms with E-state index in [1.54, 1.807) is 6.07 Å². The first-order valence-corrected chi connectivity index (χ1v) is 7.98. The van der Waals surface area contributed by atoms with Gasteiger partial charge < -0.3 is 5.11 Å². The molecule has 108 valence electrons. The van der Waals surface area contributed by atoms with Gasteiger partial charge in [0.25, 0.3) is 0 Å². The molecule has 1 nitrogen and oxygen atoms in total. The number of aliphatic hydroxyl groups is 1. The standard InChI is InChI=1S/C18H23FO/c1-10-3-11(2)17(16(19)4-10)18(20)14-6-12-5-13(8-14)9-15(18)7-12/h3-4,12-15,20H,5-9H2,1-2H3. The Kier molecular flexibility index (Phi) is 2.61. The van der Waals surface area contributed by atoms with Crippen molar-refractivity contribution in [2.24, 2.45) is 23.7 Å². The molecule has 0 atom stereocenters. The molecule has 4 bridgehead atoms. The first kappa shape index (κ1) is 12.8. The van der Waals surface area contributed by atoms with Gasteiger partial charge in [0, 0.05) is 5.56 Å². The Morgan fingerprint density at radius 1 is 1.00 bits per heavy atom. The third kappa shape index (κ3) is 1.57. The lowest BCUT2D eigenvalue weighted by molar-refractivity contribution is -0.181. The van der Waals surface area contributed by atoms with Crippen molar-refractivity contribution in [2.75, 3.05) is 0 Å². The first-order valence-electron chi connectivity index (χ1n) is 7.98. The van der Waals surface area contributed by atoms with Crippen LogP contribution in [0.2, 0.25) is 0 Å². The van der Waals surface area contributed by atoms with Crippen LogP contribution in [0.5, 0.6) is 0 Å². The van der Waals surface area contributed by atoms with E-state index in [2.05, 4.69) is 0 Å². The smallest absolute Gasteiger partial charge is 0.129 e. The molecule has 1 aromatic carbocycles. The van der Waals surface area contributed by atoms with Crippen LogP contribution in [0.1, 0.15) is 48.8 Å². The van der Waals surface area contributed by atoms with Crippen LogP contribution in [0.3, 0.4) is 0 Å². The summed E-state index contributed by atoms with van der Waals surface area (Å²) in [6.45, 7) is 3.87. The van der Waals surface area contributed by atoms with Crippen molar-refractivity contribution in [3.05, 3.63) is 34.6 Å². The Bertz CT molecular complexity index is 512. The van der Waals surface area contributed by atoms with Crippen LogP contribution in [-0.2, 0) is 5.60 Å². The second-order valence-corrected chi connectivity index (χ2v) is 7.57. The molecule has 1 aromatic rings. The van der Waals surface area contributed by atoms with Gasteiger partial charge in [-0.1, -0.05) is 6.07 Å². The SMILES string of the molecule is Cc1cc(C)c(C2(O)C3CC4CC(C3)CC2C4)c(F)c1. The van der Waals surface area contributed by atoms with E-state index >= 15 is 0 Å². The fourth-order valence-electron chi connectivity index (χ4n) is 5.73. The first-order chi connectivity index (χ1) is 9.48. The Labute approximate surface area is 120 Å². The van der Waals surface area contributed by atoms with Gasteiger partial charge in [-0.3, -0.25) is 0 Å². The zero-order valence-electron chi connectivity index (χ0n) is 12.3. The van der Waals surface area contributed by atoms with Gasteiger partial charge >= 0.3 is 0 Å². The third-order valence-electron chi connectivity index (χ3n) is 6.22. The molecular formula is C18H23FO. The van der Waals surface area contributed by atoms with Crippen LogP contribution in [0.4, 0.5) is 4.39 Å². The zero-order chi connectivity index (χ0) is 14.1.